The minimum absolute atomic E-state index is 0.285. The van der Waals surface area contributed by atoms with E-state index in [4.69, 9.17) is 0 Å². The normalized spacial score (nSPS) is 11.0. The summed E-state index contributed by atoms with van der Waals surface area (Å²) >= 11 is 0. The van der Waals surface area contributed by atoms with E-state index in [9.17, 15) is 30.6 Å². The maximum absolute atomic E-state index is 9.95. The molecule has 0 amide bonds. The van der Waals surface area contributed by atoms with E-state index in [0.717, 1.165) is 0 Å². The van der Waals surface area contributed by atoms with Crippen LogP contribution in [0.15, 0.2) is 24.3 Å². The standard InChI is InChI=1S/C15H16O6/c1-2-7(8-3-5-10(16)14(20)12(8)18)9-4-6-11(17)15(21)13(9)19/h3-7,16-21H,2H2,1H3. The molecule has 0 unspecified atom stereocenters. The molecule has 2 aromatic rings. The highest BCUT2D eigenvalue weighted by Crippen LogP contribution is 2.47. The van der Waals surface area contributed by atoms with Crippen LogP contribution in [0.3, 0.4) is 0 Å². The summed E-state index contributed by atoms with van der Waals surface area (Å²) in [4.78, 5) is 0. The van der Waals surface area contributed by atoms with Crippen molar-refractivity contribution in [3.05, 3.63) is 35.4 Å². The number of hydrogen-bond donors (Lipinski definition) is 6. The highest BCUT2D eigenvalue weighted by atomic mass is 16.3. The molecule has 0 aromatic heterocycles. The zero-order valence-electron chi connectivity index (χ0n) is 11.3. The number of hydrogen-bond acceptors (Lipinski definition) is 6. The first-order valence-corrected chi connectivity index (χ1v) is 6.36. The van der Waals surface area contributed by atoms with Crippen molar-refractivity contribution in [1.29, 1.82) is 0 Å². The van der Waals surface area contributed by atoms with Gasteiger partial charge in [-0.25, -0.2) is 0 Å². The molecule has 0 radical (unpaired) electrons. The number of phenolic OH excluding ortho intramolecular Hbond substituents is 6. The maximum atomic E-state index is 9.95. The molecule has 0 aliphatic heterocycles. The van der Waals surface area contributed by atoms with E-state index in [2.05, 4.69) is 0 Å². The summed E-state index contributed by atoms with van der Waals surface area (Å²) in [5, 5.41) is 57.8. The van der Waals surface area contributed by atoms with Gasteiger partial charge in [-0.15, -0.1) is 0 Å². The lowest BCUT2D eigenvalue weighted by molar-refractivity contribution is 0.358. The van der Waals surface area contributed by atoms with Crippen LogP contribution >= 0.6 is 0 Å². The quantitative estimate of drug-likeness (QED) is 0.483. The molecule has 112 valence electrons. The second kappa shape index (κ2) is 5.32. The molecule has 0 fully saturated rings. The molecule has 6 heteroatoms. The van der Waals surface area contributed by atoms with Crippen molar-refractivity contribution in [2.75, 3.05) is 0 Å². The second-order valence-electron chi connectivity index (χ2n) is 4.70. The van der Waals surface area contributed by atoms with E-state index >= 15 is 0 Å². The third-order valence-electron chi connectivity index (χ3n) is 3.48. The first-order chi connectivity index (χ1) is 9.88. The fourth-order valence-electron chi connectivity index (χ4n) is 2.34. The smallest absolute Gasteiger partial charge is 0.200 e. The Morgan fingerprint density at radius 3 is 1.38 bits per heavy atom. The van der Waals surface area contributed by atoms with Crippen molar-refractivity contribution in [2.45, 2.75) is 19.3 Å². The molecule has 6 N–H and O–H groups in total. The predicted molar refractivity (Wildman–Crippen MR) is 75.0 cm³/mol. The van der Waals surface area contributed by atoms with E-state index < -0.39 is 40.4 Å². The Morgan fingerprint density at radius 1 is 0.667 bits per heavy atom. The number of benzene rings is 2. The van der Waals surface area contributed by atoms with Gasteiger partial charge in [0.2, 0.25) is 11.5 Å². The Bertz CT molecular complexity index is 623. The van der Waals surface area contributed by atoms with Crippen LogP contribution in [0.5, 0.6) is 34.5 Å². The van der Waals surface area contributed by atoms with Crippen LogP contribution < -0.4 is 0 Å². The van der Waals surface area contributed by atoms with E-state index in [1.165, 1.54) is 24.3 Å². The molecular weight excluding hydrogens is 276 g/mol. The molecule has 0 atom stereocenters. The highest BCUT2D eigenvalue weighted by molar-refractivity contribution is 5.60. The summed E-state index contributed by atoms with van der Waals surface area (Å²) in [7, 11) is 0. The molecule has 2 rings (SSSR count). The number of phenols is 6. The van der Waals surface area contributed by atoms with Gasteiger partial charge in [0.05, 0.1) is 0 Å². The summed E-state index contributed by atoms with van der Waals surface area (Å²) in [5.74, 6) is -3.72. The van der Waals surface area contributed by atoms with Gasteiger partial charge in [-0.05, 0) is 18.6 Å². The van der Waals surface area contributed by atoms with Crippen LogP contribution in [0.4, 0.5) is 0 Å². The molecule has 6 nitrogen and oxygen atoms in total. The molecule has 2 aromatic carbocycles. The van der Waals surface area contributed by atoms with Crippen LogP contribution in [-0.4, -0.2) is 30.6 Å². The van der Waals surface area contributed by atoms with Crippen LogP contribution in [0.1, 0.15) is 30.4 Å². The molecule has 0 aliphatic carbocycles. The fourth-order valence-corrected chi connectivity index (χ4v) is 2.34. The third-order valence-corrected chi connectivity index (χ3v) is 3.48. The predicted octanol–water partition coefficient (Wildman–Crippen LogP) is 2.46. The fraction of sp³-hybridized carbons (Fsp3) is 0.200. The Labute approximate surface area is 120 Å². The Balaban J connectivity index is 2.61. The van der Waals surface area contributed by atoms with Crippen LogP contribution in [-0.2, 0) is 0 Å². The van der Waals surface area contributed by atoms with Gasteiger partial charge in [0.15, 0.2) is 23.0 Å². The monoisotopic (exact) mass is 292 g/mol. The van der Waals surface area contributed by atoms with E-state index in [1.54, 1.807) is 6.92 Å². The zero-order chi connectivity index (χ0) is 15.7. The lowest BCUT2D eigenvalue weighted by atomic mass is 9.87. The van der Waals surface area contributed by atoms with Crippen molar-refractivity contribution < 1.29 is 30.6 Å². The van der Waals surface area contributed by atoms with Crippen molar-refractivity contribution >= 4 is 0 Å². The third kappa shape index (κ3) is 2.35. The van der Waals surface area contributed by atoms with Gasteiger partial charge >= 0.3 is 0 Å². The van der Waals surface area contributed by atoms with Gasteiger partial charge in [0.1, 0.15) is 0 Å². The largest absolute Gasteiger partial charge is 0.504 e. The minimum atomic E-state index is -0.645. The molecule has 21 heavy (non-hydrogen) atoms. The first-order valence-electron chi connectivity index (χ1n) is 6.36. The van der Waals surface area contributed by atoms with Gasteiger partial charge in [0, 0.05) is 17.0 Å². The molecular formula is C15H16O6. The molecule has 0 saturated carbocycles. The Hall–Kier alpha value is -2.76. The molecule has 0 saturated heterocycles. The molecule has 0 spiro atoms. The molecule has 0 heterocycles. The van der Waals surface area contributed by atoms with Crippen LogP contribution in [0, 0.1) is 0 Å². The van der Waals surface area contributed by atoms with Crippen molar-refractivity contribution in [1.82, 2.24) is 0 Å². The Kier molecular flexibility index (Phi) is 3.71. The van der Waals surface area contributed by atoms with Gasteiger partial charge in [-0.3, -0.25) is 0 Å². The molecule has 0 aliphatic rings. The summed E-state index contributed by atoms with van der Waals surface area (Å²) in [6.45, 7) is 1.79. The maximum Gasteiger partial charge on any atom is 0.200 e. The van der Waals surface area contributed by atoms with E-state index in [0.29, 0.717) is 6.42 Å². The van der Waals surface area contributed by atoms with E-state index in [1.807, 2.05) is 0 Å². The van der Waals surface area contributed by atoms with Gasteiger partial charge in [-0.2, -0.15) is 0 Å². The second-order valence-corrected chi connectivity index (χ2v) is 4.70. The van der Waals surface area contributed by atoms with Crippen molar-refractivity contribution in [2.24, 2.45) is 0 Å². The average molecular weight is 292 g/mol. The Morgan fingerprint density at radius 2 is 1.05 bits per heavy atom. The van der Waals surface area contributed by atoms with Gasteiger partial charge < -0.3 is 30.6 Å². The lowest BCUT2D eigenvalue weighted by Gasteiger charge is -2.20. The van der Waals surface area contributed by atoms with Crippen LogP contribution in [0.2, 0.25) is 0 Å². The van der Waals surface area contributed by atoms with Gasteiger partial charge in [-0.1, -0.05) is 19.1 Å². The average Bonchev–Trinajstić information content (AvgIpc) is 2.47. The summed E-state index contributed by atoms with van der Waals surface area (Å²) < 4.78 is 0. The van der Waals surface area contributed by atoms with E-state index in [-0.39, 0.29) is 11.1 Å². The number of aromatic hydroxyl groups is 6. The first kappa shape index (κ1) is 14.6. The SMILES string of the molecule is CCC(c1ccc(O)c(O)c1O)c1ccc(O)c(O)c1O. The summed E-state index contributed by atoms with van der Waals surface area (Å²) in [6, 6.07) is 5.29. The summed E-state index contributed by atoms with van der Waals surface area (Å²) in [6.07, 6.45) is 0.440. The topological polar surface area (TPSA) is 121 Å². The van der Waals surface area contributed by atoms with Crippen LogP contribution in [0.25, 0.3) is 0 Å². The minimum Gasteiger partial charge on any atom is -0.504 e. The zero-order valence-corrected chi connectivity index (χ0v) is 11.3. The van der Waals surface area contributed by atoms with Crippen molar-refractivity contribution in [3.8, 4) is 34.5 Å². The van der Waals surface area contributed by atoms with Gasteiger partial charge in [0.25, 0.3) is 0 Å². The summed E-state index contributed by atoms with van der Waals surface area (Å²) in [5.41, 5.74) is 0.571. The number of rotatable bonds is 3. The highest BCUT2D eigenvalue weighted by Gasteiger charge is 2.24. The lowest BCUT2D eigenvalue weighted by Crippen LogP contribution is -2.01. The molecule has 0 bridgehead atoms. The van der Waals surface area contributed by atoms with Crippen molar-refractivity contribution in [3.63, 3.8) is 0 Å².